The smallest absolute Gasteiger partial charge is 0.214 e. The molecule has 0 aromatic heterocycles. The molecule has 1 aliphatic heterocycles. The molecule has 1 aromatic carbocycles. The number of anilines is 1. The van der Waals surface area contributed by atoms with Crippen LogP contribution in [0.25, 0.3) is 0 Å². The number of nitrogens with one attached hydrogen (secondary N) is 2. The summed E-state index contributed by atoms with van der Waals surface area (Å²) in [5.74, 6) is 1.48. The van der Waals surface area contributed by atoms with E-state index in [0.717, 1.165) is 56.5 Å². The van der Waals surface area contributed by atoms with Gasteiger partial charge < -0.3 is 14.8 Å². The number of benzene rings is 1. The van der Waals surface area contributed by atoms with Gasteiger partial charge in [-0.2, -0.15) is 0 Å². The van der Waals surface area contributed by atoms with E-state index in [0.29, 0.717) is 5.92 Å². The summed E-state index contributed by atoms with van der Waals surface area (Å²) in [5.41, 5.74) is 1.10. The van der Waals surface area contributed by atoms with E-state index in [-0.39, 0.29) is 29.6 Å². The Morgan fingerprint density at radius 2 is 1.63 bits per heavy atom. The molecule has 1 saturated carbocycles. The Bertz CT molecular complexity index is 748. The molecular formula is C23H38N2O4S. The van der Waals surface area contributed by atoms with Crippen molar-refractivity contribution in [1.82, 2.24) is 4.72 Å². The molecular weight excluding hydrogens is 400 g/mol. The van der Waals surface area contributed by atoms with Crippen molar-refractivity contribution in [2.75, 3.05) is 11.9 Å². The quantitative estimate of drug-likeness (QED) is 0.632. The molecule has 6 nitrogen and oxygen atoms in total. The molecule has 2 atom stereocenters. The molecule has 1 saturated heterocycles. The summed E-state index contributed by atoms with van der Waals surface area (Å²) in [6, 6.07) is 8.30. The van der Waals surface area contributed by atoms with E-state index < -0.39 is 10.0 Å². The van der Waals surface area contributed by atoms with Crippen LogP contribution in [0.1, 0.15) is 66.2 Å². The van der Waals surface area contributed by atoms with Gasteiger partial charge in [0, 0.05) is 31.1 Å². The van der Waals surface area contributed by atoms with Crippen molar-refractivity contribution >= 4 is 15.7 Å². The van der Waals surface area contributed by atoms with Crippen LogP contribution < -0.4 is 14.8 Å². The summed E-state index contributed by atoms with van der Waals surface area (Å²) in [6.07, 6.45) is 6.47. The summed E-state index contributed by atoms with van der Waals surface area (Å²) in [6.45, 7) is 8.56. The molecule has 1 heterocycles. The Morgan fingerprint density at radius 3 is 2.20 bits per heavy atom. The van der Waals surface area contributed by atoms with E-state index in [9.17, 15) is 8.42 Å². The fraction of sp³-hybridized carbons (Fsp3) is 0.739. The van der Waals surface area contributed by atoms with Crippen molar-refractivity contribution in [3.05, 3.63) is 24.3 Å². The lowest BCUT2D eigenvalue weighted by molar-refractivity contribution is -0.0721. The van der Waals surface area contributed by atoms with Gasteiger partial charge >= 0.3 is 0 Å². The van der Waals surface area contributed by atoms with E-state index in [1.165, 1.54) is 0 Å². The molecule has 170 valence electrons. The van der Waals surface area contributed by atoms with Crippen molar-refractivity contribution in [1.29, 1.82) is 0 Å². The minimum absolute atomic E-state index is 0.0840. The highest BCUT2D eigenvalue weighted by molar-refractivity contribution is 7.90. The average molecular weight is 439 g/mol. The summed E-state index contributed by atoms with van der Waals surface area (Å²) < 4.78 is 38.9. The first-order valence-electron chi connectivity index (χ1n) is 11.4. The third-order valence-electron chi connectivity index (χ3n) is 6.20. The van der Waals surface area contributed by atoms with Crippen molar-refractivity contribution in [2.24, 2.45) is 5.92 Å². The molecule has 0 bridgehead atoms. The monoisotopic (exact) mass is 438 g/mol. The Kier molecular flexibility index (Phi) is 8.04. The molecule has 0 spiro atoms. The number of hydrogen-bond donors (Lipinski definition) is 2. The topological polar surface area (TPSA) is 76.7 Å². The molecule has 2 fully saturated rings. The van der Waals surface area contributed by atoms with Crippen LogP contribution in [0.4, 0.5) is 5.69 Å². The van der Waals surface area contributed by atoms with Gasteiger partial charge in [0.2, 0.25) is 10.0 Å². The second-order valence-corrected chi connectivity index (χ2v) is 11.6. The van der Waals surface area contributed by atoms with Gasteiger partial charge in [-0.25, -0.2) is 13.1 Å². The minimum Gasteiger partial charge on any atom is -0.490 e. The van der Waals surface area contributed by atoms with Crippen LogP contribution in [0.2, 0.25) is 0 Å². The van der Waals surface area contributed by atoms with Gasteiger partial charge in [-0.1, -0.05) is 0 Å². The van der Waals surface area contributed by atoms with Crippen molar-refractivity contribution < 1.29 is 17.9 Å². The first kappa shape index (κ1) is 23.4. The van der Waals surface area contributed by atoms with Gasteiger partial charge in [-0.15, -0.1) is 0 Å². The number of ether oxygens (including phenoxy) is 2. The standard InChI is InChI=1S/C23H38N2O4S/c1-16(2)30(26,27)25-21-7-5-19(6-8-21)15-24-20-9-11-22(12-10-20)29-23-13-17(3)28-18(4)14-23/h9-12,16-19,21,23-25H,5-8,13-15H2,1-4H3. The molecule has 0 radical (unpaired) electrons. The lowest BCUT2D eigenvalue weighted by Gasteiger charge is -2.32. The third kappa shape index (κ3) is 6.86. The fourth-order valence-electron chi connectivity index (χ4n) is 4.40. The highest BCUT2D eigenvalue weighted by Crippen LogP contribution is 2.27. The zero-order valence-corrected chi connectivity index (χ0v) is 19.6. The SMILES string of the molecule is CC1CC(Oc2ccc(NCC3CCC(NS(=O)(=O)C(C)C)CC3)cc2)CC(C)O1. The molecule has 2 N–H and O–H groups in total. The van der Waals surface area contributed by atoms with Gasteiger partial charge in [-0.05, 0) is 83.6 Å². The van der Waals surface area contributed by atoms with E-state index in [1.54, 1.807) is 13.8 Å². The predicted molar refractivity (Wildman–Crippen MR) is 122 cm³/mol. The molecule has 2 unspecified atom stereocenters. The maximum Gasteiger partial charge on any atom is 0.214 e. The van der Waals surface area contributed by atoms with Crippen LogP contribution in [-0.2, 0) is 14.8 Å². The Balaban J connectivity index is 1.39. The van der Waals surface area contributed by atoms with Crippen LogP contribution in [0.15, 0.2) is 24.3 Å². The van der Waals surface area contributed by atoms with Gasteiger partial charge in [0.15, 0.2) is 0 Å². The Morgan fingerprint density at radius 1 is 1.03 bits per heavy atom. The van der Waals surface area contributed by atoms with Crippen LogP contribution in [0.3, 0.4) is 0 Å². The van der Waals surface area contributed by atoms with Crippen LogP contribution in [0.5, 0.6) is 5.75 Å². The first-order valence-corrected chi connectivity index (χ1v) is 12.9. The maximum absolute atomic E-state index is 12.0. The summed E-state index contributed by atoms with van der Waals surface area (Å²) in [4.78, 5) is 0. The first-order chi connectivity index (χ1) is 14.2. The second kappa shape index (κ2) is 10.3. The normalized spacial score (nSPS) is 30.2. The van der Waals surface area contributed by atoms with Crippen LogP contribution >= 0.6 is 0 Å². The molecule has 3 rings (SSSR count). The summed E-state index contributed by atoms with van der Waals surface area (Å²) >= 11 is 0. The van der Waals surface area contributed by atoms with Crippen molar-refractivity contribution in [3.63, 3.8) is 0 Å². The molecule has 1 aromatic rings. The van der Waals surface area contributed by atoms with Crippen molar-refractivity contribution in [2.45, 2.75) is 95.8 Å². The average Bonchev–Trinajstić information content (AvgIpc) is 2.67. The van der Waals surface area contributed by atoms with Gasteiger partial charge in [0.1, 0.15) is 11.9 Å². The van der Waals surface area contributed by atoms with E-state index in [4.69, 9.17) is 9.47 Å². The highest BCUT2D eigenvalue weighted by atomic mass is 32.2. The van der Waals surface area contributed by atoms with E-state index in [1.807, 2.05) is 12.1 Å². The van der Waals surface area contributed by atoms with Gasteiger partial charge in [0.05, 0.1) is 17.5 Å². The summed E-state index contributed by atoms with van der Waals surface area (Å²) in [5, 5.41) is 3.15. The minimum atomic E-state index is -3.18. The third-order valence-corrected chi connectivity index (χ3v) is 8.11. The van der Waals surface area contributed by atoms with E-state index in [2.05, 4.69) is 36.0 Å². The Hall–Kier alpha value is -1.31. The molecule has 2 aliphatic rings. The molecule has 30 heavy (non-hydrogen) atoms. The number of hydrogen-bond acceptors (Lipinski definition) is 5. The summed E-state index contributed by atoms with van der Waals surface area (Å²) in [7, 11) is -3.18. The lowest BCUT2D eigenvalue weighted by Crippen LogP contribution is -2.41. The predicted octanol–water partition coefficient (Wildman–Crippen LogP) is 4.32. The fourth-order valence-corrected chi connectivity index (χ4v) is 5.37. The van der Waals surface area contributed by atoms with Gasteiger partial charge in [-0.3, -0.25) is 0 Å². The van der Waals surface area contributed by atoms with Crippen molar-refractivity contribution in [3.8, 4) is 5.75 Å². The van der Waals surface area contributed by atoms with E-state index >= 15 is 0 Å². The molecule has 7 heteroatoms. The number of rotatable bonds is 8. The second-order valence-electron chi connectivity index (χ2n) is 9.30. The van der Waals surface area contributed by atoms with Gasteiger partial charge in [0.25, 0.3) is 0 Å². The van der Waals surface area contributed by atoms with Crippen LogP contribution in [0, 0.1) is 5.92 Å². The maximum atomic E-state index is 12.0. The zero-order chi connectivity index (χ0) is 21.7. The largest absolute Gasteiger partial charge is 0.490 e. The lowest BCUT2D eigenvalue weighted by atomic mass is 9.86. The molecule has 1 aliphatic carbocycles. The zero-order valence-electron chi connectivity index (χ0n) is 18.8. The highest BCUT2D eigenvalue weighted by Gasteiger charge is 2.27. The molecule has 0 amide bonds. The van der Waals surface area contributed by atoms with Crippen LogP contribution in [-0.4, -0.2) is 44.6 Å². The number of sulfonamides is 1. The Labute approximate surface area is 182 Å².